The van der Waals surface area contributed by atoms with Crippen molar-refractivity contribution in [3.63, 3.8) is 0 Å². The summed E-state index contributed by atoms with van der Waals surface area (Å²) in [4.78, 5) is 26.8. The second-order valence-electron chi connectivity index (χ2n) is 4.64. The van der Waals surface area contributed by atoms with E-state index in [0.29, 0.717) is 25.9 Å². The number of nitrogens with zero attached hydrogens (tertiary/aromatic N) is 2. The minimum Gasteiger partial charge on any atom is -0.479 e. The monoisotopic (exact) mass is 242 g/mol. The van der Waals surface area contributed by atoms with Crippen LogP contribution in [0.2, 0.25) is 0 Å². The summed E-state index contributed by atoms with van der Waals surface area (Å²) in [5, 5.41) is 9.46. The van der Waals surface area contributed by atoms with E-state index in [9.17, 15) is 14.7 Å². The van der Waals surface area contributed by atoms with Gasteiger partial charge < -0.3 is 14.9 Å². The summed E-state index contributed by atoms with van der Waals surface area (Å²) in [6.45, 7) is 4.98. The first-order valence-corrected chi connectivity index (χ1v) is 6.25. The molecule has 0 aliphatic carbocycles. The van der Waals surface area contributed by atoms with E-state index in [4.69, 9.17) is 0 Å². The summed E-state index contributed by atoms with van der Waals surface area (Å²) in [6.07, 6.45) is 2.65. The molecule has 0 radical (unpaired) electrons. The van der Waals surface area contributed by atoms with Crippen LogP contribution >= 0.6 is 0 Å². The van der Waals surface area contributed by atoms with Crippen molar-refractivity contribution in [2.24, 2.45) is 0 Å². The van der Waals surface area contributed by atoms with E-state index in [2.05, 4.69) is 0 Å². The van der Waals surface area contributed by atoms with Crippen molar-refractivity contribution in [1.29, 1.82) is 0 Å². The third-order valence-corrected chi connectivity index (χ3v) is 3.58. The number of likely N-dealkylation sites (tertiary alicyclic amines) is 1. The Morgan fingerprint density at radius 2 is 2.06 bits per heavy atom. The van der Waals surface area contributed by atoms with Gasteiger partial charge in [0, 0.05) is 20.1 Å². The molecule has 1 saturated heterocycles. The van der Waals surface area contributed by atoms with E-state index >= 15 is 0 Å². The molecule has 0 spiro atoms. The number of carboxylic acids is 1. The van der Waals surface area contributed by atoms with Gasteiger partial charge in [0.25, 0.3) is 0 Å². The van der Waals surface area contributed by atoms with Gasteiger partial charge in [0.1, 0.15) is 5.54 Å². The third-order valence-electron chi connectivity index (χ3n) is 3.58. The fraction of sp³-hybridized carbons (Fsp3) is 0.833. The maximum Gasteiger partial charge on any atom is 0.329 e. The Labute approximate surface area is 102 Å². The van der Waals surface area contributed by atoms with Gasteiger partial charge in [0.05, 0.1) is 0 Å². The topological polar surface area (TPSA) is 60.9 Å². The number of carbonyl (C=O) groups excluding carboxylic acids is 1. The van der Waals surface area contributed by atoms with Crippen LogP contribution in [0, 0.1) is 0 Å². The first kappa shape index (κ1) is 13.8. The Morgan fingerprint density at radius 3 is 2.53 bits per heavy atom. The average molecular weight is 242 g/mol. The number of aliphatic carboxylic acids is 1. The van der Waals surface area contributed by atoms with Gasteiger partial charge in [-0.25, -0.2) is 9.59 Å². The van der Waals surface area contributed by atoms with Gasteiger partial charge in [-0.3, -0.25) is 0 Å². The molecule has 2 amide bonds. The standard InChI is InChI=1S/C12H22N2O3/c1-4-7-12(10(15)16)8-6-9-14(12)11(17)13(3)5-2/h4-9H2,1-3H3,(H,15,16). The van der Waals surface area contributed by atoms with Crippen molar-refractivity contribution in [2.45, 2.75) is 45.1 Å². The van der Waals surface area contributed by atoms with Crippen LogP contribution in [-0.2, 0) is 4.79 Å². The van der Waals surface area contributed by atoms with E-state index < -0.39 is 11.5 Å². The fourth-order valence-corrected chi connectivity index (χ4v) is 2.50. The number of amides is 2. The van der Waals surface area contributed by atoms with Gasteiger partial charge in [0.15, 0.2) is 0 Å². The number of carbonyl (C=O) groups is 2. The molecule has 1 rings (SSSR count). The van der Waals surface area contributed by atoms with Crippen LogP contribution in [0.1, 0.15) is 39.5 Å². The van der Waals surface area contributed by atoms with Crippen molar-refractivity contribution >= 4 is 12.0 Å². The summed E-state index contributed by atoms with van der Waals surface area (Å²) in [5.41, 5.74) is -0.977. The SMILES string of the molecule is CCCC1(C(=O)O)CCCN1C(=O)N(C)CC. The molecule has 0 saturated carbocycles. The lowest BCUT2D eigenvalue weighted by Gasteiger charge is -2.36. The molecule has 1 heterocycles. The molecule has 17 heavy (non-hydrogen) atoms. The predicted octanol–water partition coefficient (Wildman–Crippen LogP) is 1.78. The minimum absolute atomic E-state index is 0.166. The van der Waals surface area contributed by atoms with E-state index in [-0.39, 0.29) is 6.03 Å². The van der Waals surface area contributed by atoms with Gasteiger partial charge in [-0.1, -0.05) is 13.3 Å². The molecular formula is C12H22N2O3. The van der Waals surface area contributed by atoms with Crippen molar-refractivity contribution in [2.75, 3.05) is 20.1 Å². The van der Waals surface area contributed by atoms with Crippen LogP contribution in [0.4, 0.5) is 4.79 Å². The van der Waals surface area contributed by atoms with Crippen LogP contribution in [-0.4, -0.2) is 52.6 Å². The van der Waals surface area contributed by atoms with E-state index in [1.165, 1.54) is 0 Å². The molecule has 0 aromatic rings. The second-order valence-corrected chi connectivity index (χ2v) is 4.64. The molecule has 1 N–H and O–H groups in total. The van der Waals surface area contributed by atoms with Gasteiger partial charge in [0.2, 0.25) is 0 Å². The Kier molecular flexibility index (Phi) is 4.37. The summed E-state index contributed by atoms with van der Waals surface area (Å²) >= 11 is 0. The second kappa shape index (κ2) is 5.38. The molecule has 1 aliphatic rings. The first-order valence-electron chi connectivity index (χ1n) is 6.25. The number of urea groups is 1. The van der Waals surface area contributed by atoms with Gasteiger partial charge >= 0.3 is 12.0 Å². The lowest BCUT2D eigenvalue weighted by atomic mass is 9.91. The molecule has 5 heteroatoms. The fourth-order valence-electron chi connectivity index (χ4n) is 2.50. The molecule has 1 unspecified atom stereocenters. The first-order chi connectivity index (χ1) is 7.99. The van der Waals surface area contributed by atoms with Crippen molar-refractivity contribution < 1.29 is 14.7 Å². The summed E-state index contributed by atoms with van der Waals surface area (Å²) in [5.74, 6) is -0.866. The highest BCUT2D eigenvalue weighted by atomic mass is 16.4. The zero-order valence-corrected chi connectivity index (χ0v) is 10.9. The molecule has 0 aromatic carbocycles. The highest BCUT2D eigenvalue weighted by molar-refractivity contribution is 5.87. The van der Waals surface area contributed by atoms with E-state index in [0.717, 1.165) is 12.8 Å². The largest absolute Gasteiger partial charge is 0.479 e. The molecule has 5 nitrogen and oxygen atoms in total. The number of hydrogen-bond donors (Lipinski definition) is 1. The minimum atomic E-state index is -0.977. The highest BCUT2D eigenvalue weighted by Gasteiger charge is 2.49. The highest BCUT2D eigenvalue weighted by Crippen LogP contribution is 2.34. The van der Waals surface area contributed by atoms with Crippen molar-refractivity contribution in [3.8, 4) is 0 Å². The Morgan fingerprint density at radius 1 is 1.41 bits per heavy atom. The Hall–Kier alpha value is -1.26. The third kappa shape index (κ3) is 2.37. The summed E-state index contributed by atoms with van der Waals surface area (Å²) in [6, 6.07) is -0.166. The van der Waals surface area contributed by atoms with Gasteiger partial charge in [-0.05, 0) is 26.2 Å². The van der Waals surface area contributed by atoms with Crippen LogP contribution in [0.5, 0.6) is 0 Å². The molecule has 1 aliphatic heterocycles. The zero-order valence-electron chi connectivity index (χ0n) is 10.9. The molecular weight excluding hydrogens is 220 g/mol. The van der Waals surface area contributed by atoms with Gasteiger partial charge in [-0.15, -0.1) is 0 Å². The van der Waals surface area contributed by atoms with Crippen LogP contribution in [0.25, 0.3) is 0 Å². The van der Waals surface area contributed by atoms with Crippen molar-refractivity contribution in [3.05, 3.63) is 0 Å². The molecule has 0 bridgehead atoms. The molecule has 1 atom stereocenters. The van der Waals surface area contributed by atoms with Crippen LogP contribution in [0.15, 0.2) is 0 Å². The average Bonchev–Trinajstić information content (AvgIpc) is 2.72. The smallest absolute Gasteiger partial charge is 0.329 e. The summed E-state index contributed by atoms with van der Waals surface area (Å²) in [7, 11) is 1.71. The predicted molar refractivity (Wildman–Crippen MR) is 64.9 cm³/mol. The molecule has 1 fully saturated rings. The number of carboxylic acid groups (broad SMARTS) is 1. The lowest BCUT2D eigenvalue weighted by Crippen LogP contribution is -2.56. The summed E-state index contributed by atoms with van der Waals surface area (Å²) < 4.78 is 0. The lowest BCUT2D eigenvalue weighted by molar-refractivity contribution is -0.148. The van der Waals surface area contributed by atoms with Crippen LogP contribution < -0.4 is 0 Å². The molecule has 0 aromatic heterocycles. The van der Waals surface area contributed by atoms with Crippen LogP contribution in [0.3, 0.4) is 0 Å². The number of rotatable bonds is 4. The normalized spacial score (nSPS) is 23.8. The maximum absolute atomic E-state index is 12.2. The number of hydrogen-bond acceptors (Lipinski definition) is 2. The zero-order chi connectivity index (χ0) is 13.1. The van der Waals surface area contributed by atoms with E-state index in [1.54, 1.807) is 16.8 Å². The quantitative estimate of drug-likeness (QED) is 0.817. The van der Waals surface area contributed by atoms with E-state index in [1.807, 2.05) is 13.8 Å². The molecule has 98 valence electrons. The van der Waals surface area contributed by atoms with Gasteiger partial charge in [-0.2, -0.15) is 0 Å². The Balaban J connectivity index is 2.96. The Bertz CT molecular complexity index is 306. The van der Waals surface area contributed by atoms with Crippen molar-refractivity contribution in [1.82, 2.24) is 9.80 Å². The maximum atomic E-state index is 12.2.